The maximum absolute atomic E-state index is 10.3. The van der Waals surface area contributed by atoms with Gasteiger partial charge in [0.1, 0.15) is 0 Å². The van der Waals surface area contributed by atoms with Gasteiger partial charge in [0, 0.05) is 22.3 Å². The molecule has 0 spiro atoms. The zero-order valence-corrected chi connectivity index (χ0v) is 8.38. The van der Waals surface area contributed by atoms with Crippen LogP contribution in [0.25, 0.3) is 0 Å². The van der Waals surface area contributed by atoms with Crippen molar-refractivity contribution in [3.8, 4) is 0 Å². The van der Waals surface area contributed by atoms with Crippen LogP contribution >= 0.6 is 11.8 Å². The van der Waals surface area contributed by atoms with Gasteiger partial charge in [0.15, 0.2) is 0 Å². The molecule has 0 saturated heterocycles. The van der Waals surface area contributed by atoms with Crippen LogP contribution in [0.4, 0.5) is 5.69 Å². The van der Waals surface area contributed by atoms with Crippen molar-refractivity contribution < 1.29 is 4.92 Å². The average molecular weight is 197 g/mol. The van der Waals surface area contributed by atoms with Crippen LogP contribution < -0.4 is 0 Å². The molecule has 0 aliphatic carbocycles. The standard InChI is InChI=1S/C9H11NO2S/c1-7(2)13-9-5-3-8(4-6-9)10(11)12/h3-7H,1-2H3. The van der Waals surface area contributed by atoms with Crippen molar-refractivity contribution in [2.45, 2.75) is 24.0 Å². The SMILES string of the molecule is CC(C)Sc1ccc([N+](=O)[O-])cc1. The Labute approximate surface area is 81.3 Å². The Hall–Kier alpha value is -1.03. The molecule has 13 heavy (non-hydrogen) atoms. The molecule has 0 aromatic heterocycles. The molecule has 0 radical (unpaired) electrons. The second-order valence-corrected chi connectivity index (χ2v) is 4.57. The summed E-state index contributed by atoms with van der Waals surface area (Å²) in [5.74, 6) is 0. The highest BCUT2D eigenvalue weighted by molar-refractivity contribution is 7.99. The lowest BCUT2D eigenvalue weighted by Crippen LogP contribution is -1.88. The number of benzene rings is 1. The highest BCUT2D eigenvalue weighted by Gasteiger charge is 2.04. The topological polar surface area (TPSA) is 43.1 Å². The Balaban J connectivity index is 2.75. The molecule has 1 aromatic carbocycles. The maximum Gasteiger partial charge on any atom is 0.269 e. The molecule has 0 heterocycles. The molecular weight excluding hydrogens is 186 g/mol. The van der Waals surface area contributed by atoms with Gasteiger partial charge in [-0.2, -0.15) is 0 Å². The van der Waals surface area contributed by atoms with E-state index >= 15 is 0 Å². The third-order valence-electron chi connectivity index (χ3n) is 1.42. The fourth-order valence-electron chi connectivity index (χ4n) is 0.919. The summed E-state index contributed by atoms with van der Waals surface area (Å²) >= 11 is 1.70. The average Bonchev–Trinajstić information content (AvgIpc) is 2.04. The highest BCUT2D eigenvalue weighted by atomic mass is 32.2. The van der Waals surface area contributed by atoms with Gasteiger partial charge in [-0.05, 0) is 12.1 Å². The van der Waals surface area contributed by atoms with E-state index in [9.17, 15) is 10.1 Å². The second-order valence-electron chi connectivity index (χ2n) is 2.92. The van der Waals surface area contributed by atoms with E-state index in [1.807, 2.05) is 0 Å². The van der Waals surface area contributed by atoms with E-state index in [1.165, 1.54) is 12.1 Å². The van der Waals surface area contributed by atoms with Crippen molar-refractivity contribution in [1.29, 1.82) is 0 Å². The first kappa shape index (κ1) is 10.1. The van der Waals surface area contributed by atoms with Crippen molar-refractivity contribution in [3.63, 3.8) is 0 Å². The van der Waals surface area contributed by atoms with Crippen molar-refractivity contribution in [2.75, 3.05) is 0 Å². The fourth-order valence-corrected chi connectivity index (χ4v) is 1.76. The van der Waals surface area contributed by atoms with E-state index in [0.717, 1.165) is 4.90 Å². The van der Waals surface area contributed by atoms with E-state index in [0.29, 0.717) is 5.25 Å². The predicted octanol–water partition coefficient (Wildman–Crippen LogP) is 3.10. The van der Waals surface area contributed by atoms with Crippen LogP contribution in [-0.2, 0) is 0 Å². The minimum Gasteiger partial charge on any atom is -0.258 e. The smallest absolute Gasteiger partial charge is 0.258 e. The minimum absolute atomic E-state index is 0.146. The molecule has 0 N–H and O–H groups in total. The van der Waals surface area contributed by atoms with Gasteiger partial charge in [0.25, 0.3) is 5.69 Å². The number of thioether (sulfide) groups is 1. The summed E-state index contributed by atoms with van der Waals surface area (Å²) in [6, 6.07) is 6.63. The summed E-state index contributed by atoms with van der Waals surface area (Å²) in [5, 5.41) is 10.8. The molecule has 0 amide bonds. The number of nitro benzene ring substituents is 1. The number of nitro groups is 1. The quantitative estimate of drug-likeness (QED) is 0.425. The molecule has 0 aliphatic heterocycles. The third kappa shape index (κ3) is 3.06. The molecular formula is C9H11NO2S. The predicted molar refractivity (Wildman–Crippen MR) is 54.1 cm³/mol. The number of rotatable bonds is 3. The van der Waals surface area contributed by atoms with Crippen molar-refractivity contribution in [2.24, 2.45) is 0 Å². The van der Waals surface area contributed by atoms with E-state index in [1.54, 1.807) is 23.9 Å². The van der Waals surface area contributed by atoms with Crippen molar-refractivity contribution in [1.82, 2.24) is 0 Å². The maximum atomic E-state index is 10.3. The summed E-state index contributed by atoms with van der Waals surface area (Å²) in [6.45, 7) is 4.18. The largest absolute Gasteiger partial charge is 0.269 e. The number of hydrogen-bond donors (Lipinski definition) is 0. The summed E-state index contributed by atoms with van der Waals surface area (Å²) in [7, 11) is 0. The Kier molecular flexibility index (Phi) is 3.31. The Morgan fingerprint density at radius 1 is 1.31 bits per heavy atom. The van der Waals surface area contributed by atoms with Gasteiger partial charge in [0.05, 0.1) is 4.92 Å². The van der Waals surface area contributed by atoms with Gasteiger partial charge in [0.2, 0.25) is 0 Å². The Morgan fingerprint density at radius 3 is 2.23 bits per heavy atom. The monoisotopic (exact) mass is 197 g/mol. The molecule has 4 heteroatoms. The first-order valence-electron chi connectivity index (χ1n) is 4.00. The van der Waals surface area contributed by atoms with Gasteiger partial charge < -0.3 is 0 Å². The fraction of sp³-hybridized carbons (Fsp3) is 0.333. The number of hydrogen-bond acceptors (Lipinski definition) is 3. The zero-order chi connectivity index (χ0) is 9.84. The zero-order valence-electron chi connectivity index (χ0n) is 7.56. The van der Waals surface area contributed by atoms with Gasteiger partial charge in [-0.1, -0.05) is 13.8 Å². The molecule has 0 saturated carbocycles. The van der Waals surface area contributed by atoms with Crippen LogP contribution in [0.2, 0.25) is 0 Å². The molecule has 1 aromatic rings. The third-order valence-corrected chi connectivity index (χ3v) is 2.44. The Morgan fingerprint density at radius 2 is 1.85 bits per heavy atom. The minimum atomic E-state index is -0.385. The molecule has 0 bridgehead atoms. The lowest BCUT2D eigenvalue weighted by atomic mass is 10.3. The lowest BCUT2D eigenvalue weighted by Gasteiger charge is -2.03. The molecule has 0 atom stereocenters. The first-order valence-corrected chi connectivity index (χ1v) is 4.88. The molecule has 70 valence electrons. The molecule has 0 unspecified atom stereocenters. The summed E-state index contributed by atoms with van der Waals surface area (Å²) in [4.78, 5) is 11.0. The van der Waals surface area contributed by atoms with Gasteiger partial charge >= 0.3 is 0 Å². The molecule has 0 aliphatic rings. The summed E-state index contributed by atoms with van der Waals surface area (Å²) < 4.78 is 0. The van der Waals surface area contributed by atoms with Crippen LogP contribution in [-0.4, -0.2) is 10.2 Å². The van der Waals surface area contributed by atoms with E-state index in [2.05, 4.69) is 13.8 Å². The summed E-state index contributed by atoms with van der Waals surface area (Å²) in [5.41, 5.74) is 0.146. The van der Waals surface area contributed by atoms with E-state index < -0.39 is 0 Å². The lowest BCUT2D eigenvalue weighted by molar-refractivity contribution is -0.384. The molecule has 3 nitrogen and oxygen atoms in total. The van der Waals surface area contributed by atoms with E-state index in [-0.39, 0.29) is 10.6 Å². The van der Waals surface area contributed by atoms with Crippen LogP contribution in [0.1, 0.15) is 13.8 Å². The second kappa shape index (κ2) is 4.28. The Bertz CT molecular complexity index is 295. The molecule has 0 fully saturated rings. The van der Waals surface area contributed by atoms with Crippen molar-refractivity contribution >= 4 is 17.4 Å². The van der Waals surface area contributed by atoms with Crippen LogP contribution in [0.15, 0.2) is 29.2 Å². The van der Waals surface area contributed by atoms with Crippen LogP contribution in [0, 0.1) is 10.1 Å². The van der Waals surface area contributed by atoms with Crippen LogP contribution in [0.3, 0.4) is 0 Å². The highest BCUT2D eigenvalue weighted by Crippen LogP contribution is 2.24. The number of nitrogens with zero attached hydrogens (tertiary/aromatic N) is 1. The van der Waals surface area contributed by atoms with Crippen LogP contribution in [0.5, 0.6) is 0 Å². The van der Waals surface area contributed by atoms with Gasteiger partial charge in [-0.3, -0.25) is 10.1 Å². The van der Waals surface area contributed by atoms with Crippen molar-refractivity contribution in [3.05, 3.63) is 34.4 Å². The van der Waals surface area contributed by atoms with E-state index in [4.69, 9.17) is 0 Å². The van der Waals surface area contributed by atoms with Gasteiger partial charge in [-0.15, -0.1) is 11.8 Å². The normalized spacial score (nSPS) is 10.4. The van der Waals surface area contributed by atoms with Gasteiger partial charge in [-0.25, -0.2) is 0 Å². The number of non-ortho nitro benzene ring substituents is 1. The summed E-state index contributed by atoms with van der Waals surface area (Å²) in [6.07, 6.45) is 0. The first-order chi connectivity index (χ1) is 6.09. The molecule has 1 rings (SSSR count).